The molecule has 1 aromatic heterocycles. The second-order valence-electron chi connectivity index (χ2n) is 6.75. The van der Waals surface area contributed by atoms with Crippen LogP contribution in [0, 0.1) is 6.92 Å². The number of carbonyl (C=O) groups is 1. The van der Waals surface area contributed by atoms with Gasteiger partial charge in [-0.05, 0) is 30.4 Å². The maximum absolute atomic E-state index is 12.7. The van der Waals surface area contributed by atoms with E-state index in [0.29, 0.717) is 17.1 Å². The molecule has 0 atom stereocenters. The van der Waals surface area contributed by atoms with Crippen molar-refractivity contribution in [3.63, 3.8) is 0 Å². The number of sulfone groups is 1. The molecule has 0 N–H and O–H groups in total. The molecule has 3 rings (SSSR count). The van der Waals surface area contributed by atoms with Gasteiger partial charge in [0.15, 0.2) is 15.6 Å². The number of thioether (sulfide) groups is 1. The van der Waals surface area contributed by atoms with Crippen LogP contribution in [-0.4, -0.2) is 35.3 Å². The van der Waals surface area contributed by atoms with Gasteiger partial charge in [-0.2, -0.15) is 0 Å². The van der Waals surface area contributed by atoms with Crippen molar-refractivity contribution in [2.45, 2.75) is 30.1 Å². The molecule has 0 aliphatic carbocycles. The number of nitrogens with zero attached hydrogens (tertiary/aromatic N) is 2. The number of rotatable bonds is 8. The Morgan fingerprint density at radius 1 is 1.10 bits per heavy atom. The summed E-state index contributed by atoms with van der Waals surface area (Å²) in [7, 11) is -1.68. The molecule has 0 unspecified atom stereocenters. The predicted molar refractivity (Wildman–Crippen MR) is 117 cm³/mol. The van der Waals surface area contributed by atoms with Crippen molar-refractivity contribution < 1.29 is 13.2 Å². The highest BCUT2D eigenvalue weighted by molar-refractivity contribution is 7.99. The fourth-order valence-electron chi connectivity index (χ4n) is 3.15. The maximum atomic E-state index is 12.7. The number of aryl methyl sites for hydroxylation is 2. The van der Waals surface area contributed by atoms with Crippen LogP contribution in [0.3, 0.4) is 0 Å². The van der Waals surface area contributed by atoms with Crippen LogP contribution in [0.2, 0.25) is 0 Å². The molecule has 0 saturated heterocycles. The molecule has 0 spiro atoms. The normalized spacial score (nSPS) is 11.6. The first-order chi connectivity index (χ1) is 13.8. The highest BCUT2D eigenvalue weighted by Crippen LogP contribution is 2.30. The molecule has 0 aliphatic heterocycles. The zero-order chi connectivity index (χ0) is 21.0. The summed E-state index contributed by atoms with van der Waals surface area (Å²) in [6.45, 7) is 3.84. The van der Waals surface area contributed by atoms with Gasteiger partial charge in [-0.15, -0.1) is 11.8 Å². The number of hydrogen-bond acceptors (Lipinski definition) is 5. The Morgan fingerprint density at radius 3 is 2.52 bits per heavy atom. The zero-order valence-electron chi connectivity index (χ0n) is 16.8. The van der Waals surface area contributed by atoms with Gasteiger partial charge in [0, 0.05) is 30.1 Å². The minimum atomic E-state index is -3.52. The standard InChI is InChI=1S/C22H24N2O3S2/c1-4-28-20-11-7-6-10-17(20)22-23-18(15-24(22)3)19(25)13-14-29(26,27)21-12-8-5-9-16(21)2/h5-12,15H,4,13-14H2,1-3H3. The first-order valence-corrected chi connectivity index (χ1v) is 12.0. The SMILES string of the molecule is CCSc1ccccc1-c1nc(C(=O)CCS(=O)(=O)c2ccccc2C)cn1C. The van der Waals surface area contributed by atoms with Crippen LogP contribution < -0.4 is 0 Å². The fraction of sp³-hybridized carbons (Fsp3) is 0.273. The highest BCUT2D eigenvalue weighted by atomic mass is 32.2. The first kappa shape index (κ1) is 21.3. The lowest BCUT2D eigenvalue weighted by Crippen LogP contribution is -2.13. The van der Waals surface area contributed by atoms with E-state index < -0.39 is 9.84 Å². The van der Waals surface area contributed by atoms with Crippen molar-refractivity contribution in [3.05, 3.63) is 66.0 Å². The summed E-state index contributed by atoms with van der Waals surface area (Å²) in [5.74, 6) is 1.13. The molecule has 0 bridgehead atoms. The van der Waals surface area contributed by atoms with Crippen molar-refractivity contribution >= 4 is 27.4 Å². The van der Waals surface area contributed by atoms with Gasteiger partial charge < -0.3 is 4.57 Å². The number of imidazole rings is 1. The van der Waals surface area contributed by atoms with Crippen molar-refractivity contribution in [1.29, 1.82) is 0 Å². The van der Waals surface area contributed by atoms with Crippen LogP contribution in [0.4, 0.5) is 0 Å². The summed E-state index contributed by atoms with van der Waals surface area (Å²) in [6.07, 6.45) is 1.57. The lowest BCUT2D eigenvalue weighted by molar-refractivity contribution is 0.0984. The molecule has 2 aromatic carbocycles. The smallest absolute Gasteiger partial charge is 0.183 e. The molecule has 1 heterocycles. The third kappa shape index (κ3) is 4.79. The average molecular weight is 429 g/mol. The van der Waals surface area contributed by atoms with E-state index in [-0.39, 0.29) is 22.9 Å². The Hall–Kier alpha value is -2.38. The summed E-state index contributed by atoms with van der Waals surface area (Å²) in [5.41, 5.74) is 1.94. The van der Waals surface area contributed by atoms with Gasteiger partial charge in [-0.25, -0.2) is 13.4 Å². The molecule has 29 heavy (non-hydrogen) atoms. The van der Waals surface area contributed by atoms with E-state index in [1.54, 1.807) is 49.1 Å². The van der Waals surface area contributed by atoms with Crippen LogP contribution in [0.15, 0.2) is 64.5 Å². The van der Waals surface area contributed by atoms with Crippen LogP contribution in [-0.2, 0) is 16.9 Å². The Labute approximate surface area is 176 Å². The molecule has 3 aromatic rings. The molecule has 0 aliphatic rings. The number of ketones is 1. The van der Waals surface area contributed by atoms with E-state index in [0.717, 1.165) is 16.2 Å². The molecule has 0 saturated carbocycles. The molecule has 0 fully saturated rings. The van der Waals surface area contributed by atoms with Gasteiger partial charge >= 0.3 is 0 Å². The average Bonchev–Trinajstić information content (AvgIpc) is 3.09. The second kappa shape index (κ2) is 8.97. The topological polar surface area (TPSA) is 69.0 Å². The minimum Gasteiger partial charge on any atom is -0.333 e. The first-order valence-electron chi connectivity index (χ1n) is 9.40. The monoisotopic (exact) mass is 428 g/mol. The van der Waals surface area contributed by atoms with E-state index >= 15 is 0 Å². The quantitative estimate of drug-likeness (QED) is 0.389. The Morgan fingerprint density at radius 2 is 1.79 bits per heavy atom. The van der Waals surface area contributed by atoms with E-state index in [1.165, 1.54) is 0 Å². The van der Waals surface area contributed by atoms with Crippen molar-refractivity contribution in [2.75, 3.05) is 11.5 Å². The molecular formula is C22H24N2O3S2. The number of benzene rings is 2. The van der Waals surface area contributed by atoms with Crippen LogP contribution in [0.5, 0.6) is 0 Å². The zero-order valence-corrected chi connectivity index (χ0v) is 18.4. The number of carbonyl (C=O) groups excluding carboxylic acids is 1. The van der Waals surface area contributed by atoms with E-state index in [4.69, 9.17) is 0 Å². The molecule has 152 valence electrons. The molecule has 0 amide bonds. The molecule has 7 heteroatoms. The third-order valence-electron chi connectivity index (χ3n) is 4.62. The van der Waals surface area contributed by atoms with E-state index in [2.05, 4.69) is 11.9 Å². The molecular weight excluding hydrogens is 404 g/mol. The summed E-state index contributed by atoms with van der Waals surface area (Å²) in [6, 6.07) is 14.8. The van der Waals surface area contributed by atoms with Crippen LogP contribution in [0.1, 0.15) is 29.4 Å². The largest absolute Gasteiger partial charge is 0.333 e. The van der Waals surface area contributed by atoms with Crippen molar-refractivity contribution in [1.82, 2.24) is 9.55 Å². The Kier molecular flexibility index (Phi) is 6.59. The van der Waals surface area contributed by atoms with Gasteiger partial charge in [0.1, 0.15) is 11.5 Å². The van der Waals surface area contributed by atoms with Gasteiger partial charge in [0.25, 0.3) is 0 Å². The fourth-order valence-corrected chi connectivity index (χ4v) is 5.47. The maximum Gasteiger partial charge on any atom is 0.183 e. The lowest BCUT2D eigenvalue weighted by atomic mass is 10.2. The van der Waals surface area contributed by atoms with Gasteiger partial charge in [0.05, 0.1) is 10.6 Å². The molecule has 0 radical (unpaired) electrons. The van der Waals surface area contributed by atoms with E-state index in [1.807, 2.05) is 35.9 Å². The van der Waals surface area contributed by atoms with Crippen molar-refractivity contribution in [2.24, 2.45) is 7.05 Å². The number of Topliss-reactive ketones (excluding diaryl/α,β-unsaturated/α-hetero) is 1. The van der Waals surface area contributed by atoms with Crippen molar-refractivity contribution in [3.8, 4) is 11.4 Å². The predicted octanol–water partition coefficient (Wildman–Crippen LogP) is 4.55. The molecule has 5 nitrogen and oxygen atoms in total. The summed E-state index contributed by atoms with van der Waals surface area (Å²) < 4.78 is 27.1. The lowest BCUT2D eigenvalue weighted by Gasteiger charge is -2.07. The third-order valence-corrected chi connectivity index (χ3v) is 7.44. The second-order valence-corrected chi connectivity index (χ2v) is 10.1. The van der Waals surface area contributed by atoms with Gasteiger partial charge in [0.2, 0.25) is 0 Å². The summed E-state index contributed by atoms with van der Waals surface area (Å²) in [5, 5.41) is 0. The van der Waals surface area contributed by atoms with Crippen LogP contribution >= 0.6 is 11.8 Å². The number of hydrogen-bond donors (Lipinski definition) is 0. The number of aromatic nitrogens is 2. The minimum absolute atomic E-state index is 0.0987. The van der Waals surface area contributed by atoms with Crippen LogP contribution in [0.25, 0.3) is 11.4 Å². The summed E-state index contributed by atoms with van der Waals surface area (Å²) >= 11 is 1.72. The summed E-state index contributed by atoms with van der Waals surface area (Å²) in [4.78, 5) is 18.6. The Balaban J connectivity index is 1.80. The van der Waals surface area contributed by atoms with E-state index in [9.17, 15) is 13.2 Å². The highest BCUT2D eigenvalue weighted by Gasteiger charge is 2.21. The van der Waals surface area contributed by atoms with Gasteiger partial charge in [-0.1, -0.05) is 43.3 Å². The Bertz CT molecular complexity index is 1130. The van der Waals surface area contributed by atoms with Gasteiger partial charge in [-0.3, -0.25) is 4.79 Å².